The molecule has 2 aromatic heterocycles. The molecule has 0 spiro atoms. The van der Waals surface area contributed by atoms with Crippen LogP contribution in [0.1, 0.15) is 5.56 Å². The third-order valence-electron chi connectivity index (χ3n) is 1.72. The quantitative estimate of drug-likeness (QED) is 0.648. The van der Waals surface area contributed by atoms with Crippen LogP contribution in [0, 0.1) is 6.92 Å². The van der Waals surface area contributed by atoms with E-state index in [1.807, 2.05) is 19.2 Å². The number of aromatic nitrogens is 4. The Labute approximate surface area is 80.2 Å². The maximum atomic E-state index is 5.84. The van der Waals surface area contributed by atoms with E-state index in [1.165, 1.54) is 6.33 Å². The number of hydrogen-bond acceptors (Lipinski definition) is 3. The zero-order valence-corrected chi connectivity index (χ0v) is 7.73. The van der Waals surface area contributed by atoms with Gasteiger partial charge >= 0.3 is 0 Å². The summed E-state index contributed by atoms with van der Waals surface area (Å²) in [6.07, 6.45) is 4.92. The Kier molecular flexibility index (Phi) is 1.98. The Morgan fingerprint density at radius 3 is 2.92 bits per heavy atom. The zero-order chi connectivity index (χ0) is 9.26. The van der Waals surface area contributed by atoms with Gasteiger partial charge in [0.1, 0.15) is 11.5 Å². The van der Waals surface area contributed by atoms with Gasteiger partial charge in [-0.05, 0) is 13.0 Å². The first-order chi connectivity index (χ1) is 6.29. The van der Waals surface area contributed by atoms with E-state index in [2.05, 4.69) is 15.1 Å². The number of nitrogens with zero attached hydrogens (tertiary/aromatic N) is 4. The largest absolute Gasteiger partial charge is 0.224 e. The van der Waals surface area contributed by atoms with Crippen molar-refractivity contribution in [1.29, 1.82) is 0 Å². The Bertz CT molecular complexity index is 410. The molecule has 0 saturated carbocycles. The Hall–Kier alpha value is -1.42. The molecule has 0 saturated heterocycles. The fourth-order valence-electron chi connectivity index (χ4n) is 1.05. The van der Waals surface area contributed by atoms with Gasteiger partial charge in [-0.1, -0.05) is 11.6 Å². The lowest BCUT2D eigenvalue weighted by Gasteiger charge is -2.03. The molecule has 0 fully saturated rings. The van der Waals surface area contributed by atoms with Crippen LogP contribution in [-0.2, 0) is 0 Å². The van der Waals surface area contributed by atoms with Gasteiger partial charge in [0.2, 0.25) is 0 Å². The van der Waals surface area contributed by atoms with E-state index in [0.29, 0.717) is 11.0 Å². The highest BCUT2D eigenvalue weighted by molar-refractivity contribution is 6.30. The molecule has 4 nitrogen and oxygen atoms in total. The molecule has 2 aromatic rings. The standard InChI is InChI=1S/C8H7ClN4/c1-6-7(9)10-5-11-8(6)13-4-2-3-12-13/h2-5H,1H3. The van der Waals surface area contributed by atoms with Crippen LogP contribution in [0.4, 0.5) is 0 Å². The van der Waals surface area contributed by atoms with Gasteiger partial charge in [0.05, 0.1) is 0 Å². The first-order valence-electron chi connectivity index (χ1n) is 3.76. The van der Waals surface area contributed by atoms with E-state index in [1.54, 1.807) is 10.9 Å². The molecular weight excluding hydrogens is 188 g/mol. The number of hydrogen-bond donors (Lipinski definition) is 0. The minimum Gasteiger partial charge on any atom is -0.224 e. The predicted molar refractivity (Wildman–Crippen MR) is 48.9 cm³/mol. The van der Waals surface area contributed by atoms with E-state index in [-0.39, 0.29) is 0 Å². The molecule has 2 heterocycles. The molecule has 0 N–H and O–H groups in total. The second-order valence-electron chi connectivity index (χ2n) is 2.56. The molecule has 13 heavy (non-hydrogen) atoms. The third kappa shape index (κ3) is 1.40. The van der Waals surface area contributed by atoms with Crippen LogP contribution < -0.4 is 0 Å². The lowest BCUT2D eigenvalue weighted by Crippen LogP contribution is -2.01. The molecule has 0 aromatic carbocycles. The monoisotopic (exact) mass is 194 g/mol. The summed E-state index contributed by atoms with van der Waals surface area (Å²) in [5, 5.41) is 4.51. The van der Waals surface area contributed by atoms with Crippen LogP contribution in [0.25, 0.3) is 5.82 Å². The van der Waals surface area contributed by atoms with Gasteiger partial charge in [-0.3, -0.25) is 0 Å². The third-order valence-corrected chi connectivity index (χ3v) is 2.10. The van der Waals surface area contributed by atoms with Crippen molar-refractivity contribution in [2.45, 2.75) is 6.92 Å². The molecule has 0 radical (unpaired) electrons. The van der Waals surface area contributed by atoms with Crippen molar-refractivity contribution in [3.05, 3.63) is 35.5 Å². The average Bonchev–Trinajstić information content (AvgIpc) is 2.62. The SMILES string of the molecule is Cc1c(Cl)ncnc1-n1cccn1. The Morgan fingerprint density at radius 2 is 2.23 bits per heavy atom. The highest BCUT2D eigenvalue weighted by Crippen LogP contribution is 2.15. The van der Waals surface area contributed by atoms with Crippen LogP contribution in [0.15, 0.2) is 24.8 Å². The Morgan fingerprint density at radius 1 is 1.38 bits per heavy atom. The van der Waals surface area contributed by atoms with Gasteiger partial charge in [0, 0.05) is 18.0 Å². The van der Waals surface area contributed by atoms with Gasteiger partial charge in [-0.25, -0.2) is 14.6 Å². The van der Waals surface area contributed by atoms with Crippen molar-refractivity contribution >= 4 is 11.6 Å². The maximum Gasteiger partial charge on any atom is 0.161 e. The van der Waals surface area contributed by atoms with Crippen LogP contribution in [-0.4, -0.2) is 19.7 Å². The summed E-state index contributed by atoms with van der Waals surface area (Å²) in [4.78, 5) is 7.95. The molecule has 0 unspecified atom stereocenters. The summed E-state index contributed by atoms with van der Waals surface area (Å²) >= 11 is 5.84. The average molecular weight is 195 g/mol. The highest BCUT2D eigenvalue weighted by Gasteiger charge is 2.05. The lowest BCUT2D eigenvalue weighted by molar-refractivity contribution is 0.829. The second-order valence-corrected chi connectivity index (χ2v) is 2.92. The van der Waals surface area contributed by atoms with Crippen molar-refractivity contribution in [3.8, 4) is 5.82 Å². The summed E-state index contributed by atoms with van der Waals surface area (Å²) in [6.45, 7) is 1.86. The van der Waals surface area contributed by atoms with Crippen molar-refractivity contribution in [3.63, 3.8) is 0 Å². The van der Waals surface area contributed by atoms with Gasteiger partial charge in [-0.2, -0.15) is 5.10 Å². The normalized spacial score (nSPS) is 10.3. The van der Waals surface area contributed by atoms with Crippen molar-refractivity contribution in [1.82, 2.24) is 19.7 Å². The number of halogens is 1. The molecule has 0 atom stereocenters. The molecule has 0 aliphatic rings. The van der Waals surface area contributed by atoms with Gasteiger partial charge in [-0.15, -0.1) is 0 Å². The maximum absolute atomic E-state index is 5.84. The van der Waals surface area contributed by atoms with Gasteiger partial charge in [0.15, 0.2) is 5.82 Å². The molecule has 0 aliphatic heterocycles. The first-order valence-corrected chi connectivity index (χ1v) is 4.14. The molecule has 2 rings (SSSR count). The topological polar surface area (TPSA) is 43.6 Å². The van der Waals surface area contributed by atoms with Crippen molar-refractivity contribution in [2.24, 2.45) is 0 Å². The predicted octanol–water partition coefficient (Wildman–Crippen LogP) is 1.62. The zero-order valence-electron chi connectivity index (χ0n) is 6.98. The van der Waals surface area contributed by atoms with Crippen LogP contribution >= 0.6 is 11.6 Å². The molecule has 0 aliphatic carbocycles. The van der Waals surface area contributed by atoms with E-state index in [0.717, 1.165) is 5.56 Å². The van der Waals surface area contributed by atoms with Crippen LogP contribution in [0.3, 0.4) is 0 Å². The van der Waals surface area contributed by atoms with E-state index < -0.39 is 0 Å². The fourth-order valence-corrected chi connectivity index (χ4v) is 1.17. The molecule has 5 heteroatoms. The summed E-state index contributed by atoms with van der Waals surface area (Å²) in [5.41, 5.74) is 0.827. The van der Waals surface area contributed by atoms with Crippen molar-refractivity contribution in [2.75, 3.05) is 0 Å². The van der Waals surface area contributed by atoms with Gasteiger partial charge < -0.3 is 0 Å². The minimum atomic E-state index is 0.459. The molecule has 0 amide bonds. The summed E-state index contributed by atoms with van der Waals surface area (Å²) < 4.78 is 1.66. The minimum absolute atomic E-state index is 0.459. The molecule has 66 valence electrons. The van der Waals surface area contributed by atoms with E-state index >= 15 is 0 Å². The summed E-state index contributed by atoms with van der Waals surface area (Å²) in [5.74, 6) is 0.713. The summed E-state index contributed by atoms with van der Waals surface area (Å²) in [6, 6.07) is 1.83. The summed E-state index contributed by atoms with van der Waals surface area (Å²) in [7, 11) is 0. The first kappa shape index (κ1) is 8.19. The van der Waals surface area contributed by atoms with Gasteiger partial charge in [0.25, 0.3) is 0 Å². The highest BCUT2D eigenvalue weighted by atomic mass is 35.5. The van der Waals surface area contributed by atoms with Crippen LogP contribution in [0.5, 0.6) is 0 Å². The Balaban J connectivity index is 2.59. The molecule has 0 bridgehead atoms. The fraction of sp³-hybridized carbons (Fsp3) is 0.125. The smallest absolute Gasteiger partial charge is 0.161 e. The van der Waals surface area contributed by atoms with Crippen LogP contribution in [0.2, 0.25) is 5.15 Å². The lowest BCUT2D eigenvalue weighted by atomic mass is 10.3. The second kappa shape index (κ2) is 3.14. The van der Waals surface area contributed by atoms with E-state index in [4.69, 9.17) is 11.6 Å². The van der Waals surface area contributed by atoms with Crippen molar-refractivity contribution < 1.29 is 0 Å². The number of rotatable bonds is 1. The molecular formula is C8H7ClN4. The van der Waals surface area contributed by atoms with E-state index in [9.17, 15) is 0 Å².